The number of phosphoric ester groups is 1. The fraction of sp³-hybridized carbons (Fsp3) is 0.936. The molecule has 1 amide bonds. The first kappa shape index (κ1) is 63.5. The van der Waals surface area contributed by atoms with E-state index in [-0.39, 0.29) is 75.4 Å². The Kier molecular flexibility index (Phi) is 51.0. The Bertz CT molecular complexity index is 1050. The van der Waals surface area contributed by atoms with Gasteiger partial charge in [0, 0.05) is 25.9 Å². The molecule has 3 N–H and O–H groups in total. The van der Waals surface area contributed by atoms with Crippen molar-refractivity contribution in [1.29, 1.82) is 0 Å². The van der Waals surface area contributed by atoms with Crippen LogP contribution in [0.3, 0.4) is 0 Å². The maximum Gasteiger partial charge on any atom is 1.00 e. The van der Waals surface area contributed by atoms with Crippen molar-refractivity contribution in [2.75, 3.05) is 59.3 Å². The van der Waals surface area contributed by atoms with Crippen LogP contribution < -0.4 is 45.5 Å². The molecule has 0 saturated heterocycles. The Labute approximate surface area is 400 Å². The Morgan fingerprint density at radius 1 is 0.532 bits per heavy atom. The number of phosphoric acid groups is 1. The third kappa shape index (κ3) is 48.8. The number of amides is 1. The topological polar surface area (TPSA) is 185 Å². The molecule has 0 bridgehead atoms. The summed E-state index contributed by atoms with van der Waals surface area (Å²) in [6.07, 6.45) is 36.0. The molecule has 362 valence electrons. The molecule has 0 aromatic heterocycles. The Morgan fingerprint density at radius 2 is 0.935 bits per heavy atom. The Hall–Kier alpha value is -0.600. The molecule has 0 heterocycles. The van der Waals surface area contributed by atoms with Crippen LogP contribution in [0.4, 0.5) is 0 Å². The summed E-state index contributed by atoms with van der Waals surface area (Å²) in [5.74, 6) is -1.38. The summed E-state index contributed by atoms with van der Waals surface area (Å²) in [6, 6.07) is 0. The molecule has 0 spiro atoms. The third-order valence-electron chi connectivity index (χ3n) is 10.7. The van der Waals surface area contributed by atoms with E-state index in [1.54, 1.807) is 0 Å². The van der Waals surface area contributed by atoms with Gasteiger partial charge in [0.2, 0.25) is 5.91 Å². The standard InChI is InChI=1S/C47H93N2O11P.Na/c1-3-5-7-9-11-13-15-17-19-21-23-25-27-29-31-33-46(51)57-41-44(42-59-61(53,54)58-38-36-49-45(50)43-56-40-39-55-37-35-48)60-47(52)34-32-30-28-26-24-22-20-18-16-14-12-10-8-6-4-2;/h44H,3-43,48H2,1-2H3,(H,49,50)(H,53,54);/q;+1/p-1. The van der Waals surface area contributed by atoms with Gasteiger partial charge >= 0.3 is 41.5 Å². The minimum Gasteiger partial charge on any atom is -0.756 e. The smallest absolute Gasteiger partial charge is 0.756 e. The van der Waals surface area contributed by atoms with Gasteiger partial charge in [0.1, 0.15) is 13.2 Å². The van der Waals surface area contributed by atoms with Crippen LogP contribution in [0.15, 0.2) is 0 Å². The summed E-state index contributed by atoms with van der Waals surface area (Å²) in [6.45, 7) is 4.24. The predicted octanol–water partition coefficient (Wildman–Crippen LogP) is 7.58. The average molecular weight is 915 g/mol. The number of hydrogen-bond acceptors (Lipinski definition) is 12. The Morgan fingerprint density at radius 3 is 1.37 bits per heavy atom. The number of hydrogen-bond donors (Lipinski definition) is 2. The average Bonchev–Trinajstić information content (AvgIpc) is 3.24. The number of esters is 2. The van der Waals surface area contributed by atoms with Gasteiger partial charge in [0.05, 0.1) is 33.0 Å². The van der Waals surface area contributed by atoms with E-state index >= 15 is 0 Å². The normalized spacial score (nSPS) is 12.7. The van der Waals surface area contributed by atoms with Crippen LogP contribution >= 0.6 is 7.82 Å². The number of unbranched alkanes of at least 4 members (excludes halogenated alkanes) is 28. The minimum absolute atomic E-state index is 0. The molecule has 0 aromatic rings. The van der Waals surface area contributed by atoms with Crippen LogP contribution in [0, 0.1) is 0 Å². The monoisotopic (exact) mass is 915 g/mol. The first-order valence-electron chi connectivity index (χ1n) is 24.8. The van der Waals surface area contributed by atoms with Gasteiger partial charge in [-0.15, -0.1) is 0 Å². The molecule has 0 radical (unpaired) electrons. The molecule has 2 atom stereocenters. The number of nitrogens with two attached hydrogens (primary N) is 1. The predicted molar refractivity (Wildman–Crippen MR) is 243 cm³/mol. The van der Waals surface area contributed by atoms with Gasteiger partial charge in [0.25, 0.3) is 7.82 Å². The van der Waals surface area contributed by atoms with E-state index in [4.69, 9.17) is 33.7 Å². The maximum absolute atomic E-state index is 12.7. The summed E-state index contributed by atoms with van der Waals surface area (Å²) in [4.78, 5) is 49.7. The molecule has 15 heteroatoms. The quantitative estimate of drug-likeness (QED) is 0.0264. The summed E-state index contributed by atoms with van der Waals surface area (Å²) in [5.41, 5.74) is 5.34. The summed E-state index contributed by atoms with van der Waals surface area (Å²) < 4.78 is 43.6. The van der Waals surface area contributed by atoms with Gasteiger partial charge in [-0.3, -0.25) is 18.9 Å². The van der Waals surface area contributed by atoms with E-state index in [9.17, 15) is 23.8 Å². The third-order valence-corrected chi connectivity index (χ3v) is 11.6. The van der Waals surface area contributed by atoms with E-state index in [0.717, 1.165) is 38.5 Å². The van der Waals surface area contributed by atoms with Crippen molar-refractivity contribution in [1.82, 2.24) is 5.32 Å². The van der Waals surface area contributed by atoms with Gasteiger partial charge in [-0.25, -0.2) is 0 Å². The second-order valence-electron chi connectivity index (χ2n) is 16.6. The van der Waals surface area contributed by atoms with Crippen LogP contribution in [0.5, 0.6) is 0 Å². The van der Waals surface area contributed by atoms with E-state index in [2.05, 4.69) is 19.2 Å². The molecule has 2 unspecified atom stereocenters. The molecule has 0 fully saturated rings. The number of nitrogens with one attached hydrogen (secondary N) is 1. The molecule has 0 aliphatic rings. The van der Waals surface area contributed by atoms with Crippen LogP contribution in [-0.2, 0) is 46.9 Å². The van der Waals surface area contributed by atoms with Crippen LogP contribution in [-0.4, -0.2) is 83.3 Å². The molecular weight excluding hydrogens is 822 g/mol. The number of ether oxygens (including phenoxy) is 4. The van der Waals surface area contributed by atoms with Crippen molar-refractivity contribution < 1.29 is 81.4 Å². The molecule has 0 rings (SSSR count). The summed E-state index contributed by atoms with van der Waals surface area (Å²) in [7, 11) is -4.83. The van der Waals surface area contributed by atoms with E-state index in [0.29, 0.717) is 32.6 Å². The SMILES string of the molecule is CCCCCCCCCCCCCCCCCC(=O)OCC(COP(=O)([O-])OCCNC(=O)COCCOCCN)OC(=O)CCCCCCCCCCCCCCCCC.[Na+]. The number of carbonyl (C=O) groups is 3. The number of rotatable bonds is 49. The first-order valence-corrected chi connectivity index (χ1v) is 26.3. The zero-order chi connectivity index (χ0) is 44.8. The van der Waals surface area contributed by atoms with E-state index in [1.807, 2.05) is 0 Å². The maximum atomic E-state index is 12.7. The molecule has 0 aliphatic heterocycles. The summed E-state index contributed by atoms with van der Waals surface area (Å²) in [5, 5.41) is 2.49. The fourth-order valence-corrected chi connectivity index (χ4v) is 7.72. The van der Waals surface area contributed by atoms with Crippen molar-refractivity contribution in [3.63, 3.8) is 0 Å². The summed E-state index contributed by atoms with van der Waals surface area (Å²) >= 11 is 0. The van der Waals surface area contributed by atoms with Gasteiger partial charge in [0.15, 0.2) is 6.10 Å². The zero-order valence-corrected chi connectivity index (χ0v) is 43.0. The van der Waals surface area contributed by atoms with E-state index in [1.165, 1.54) is 141 Å². The van der Waals surface area contributed by atoms with Crippen molar-refractivity contribution in [3.05, 3.63) is 0 Å². The molecule has 0 saturated carbocycles. The van der Waals surface area contributed by atoms with Crippen molar-refractivity contribution >= 4 is 25.7 Å². The van der Waals surface area contributed by atoms with Gasteiger partial charge in [-0.05, 0) is 12.8 Å². The van der Waals surface area contributed by atoms with Crippen LogP contribution in [0.25, 0.3) is 0 Å². The van der Waals surface area contributed by atoms with Crippen molar-refractivity contribution in [2.24, 2.45) is 5.73 Å². The molecule has 13 nitrogen and oxygen atoms in total. The van der Waals surface area contributed by atoms with E-state index < -0.39 is 38.4 Å². The van der Waals surface area contributed by atoms with Gasteiger partial charge in [-0.1, -0.05) is 194 Å². The second kappa shape index (κ2) is 49.8. The molecule has 0 aliphatic carbocycles. The zero-order valence-electron chi connectivity index (χ0n) is 40.1. The molecule has 62 heavy (non-hydrogen) atoms. The van der Waals surface area contributed by atoms with Crippen LogP contribution in [0.1, 0.15) is 219 Å². The second-order valence-corrected chi connectivity index (χ2v) is 18.0. The van der Waals surface area contributed by atoms with Gasteiger partial charge < -0.3 is 43.9 Å². The molecule has 0 aromatic carbocycles. The molecular formula is C47H92N2NaO11P. The first-order chi connectivity index (χ1) is 29.7. The van der Waals surface area contributed by atoms with Crippen molar-refractivity contribution in [2.45, 2.75) is 225 Å². The van der Waals surface area contributed by atoms with Gasteiger partial charge in [-0.2, -0.15) is 0 Å². The van der Waals surface area contributed by atoms with Crippen molar-refractivity contribution in [3.8, 4) is 0 Å². The fourth-order valence-electron chi connectivity index (χ4n) is 6.98. The largest absolute Gasteiger partial charge is 1.00 e. The Balaban J connectivity index is 0. The number of carbonyl (C=O) groups excluding carboxylic acids is 3. The van der Waals surface area contributed by atoms with Crippen LogP contribution in [0.2, 0.25) is 0 Å². The minimum atomic E-state index is -4.83.